The number of halogens is 6. The first kappa shape index (κ1) is 27.9. The first-order valence-electron chi connectivity index (χ1n) is 10.8. The number of carbonyl (C=O) groups excluding carboxylic acids is 1. The van der Waals surface area contributed by atoms with Gasteiger partial charge in [-0.1, -0.05) is 30.3 Å². The second kappa shape index (κ2) is 10.8. The molecular formula is C24H25F6NO5. The van der Waals surface area contributed by atoms with Crippen molar-refractivity contribution in [1.29, 1.82) is 0 Å². The van der Waals surface area contributed by atoms with Crippen molar-refractivity contribution in [2.24, 2.45) is 0 Å². The van der Waals surface area contributed by atoms with Crippen LogP contribution in [0.4, 0.5) is 26.3 Å². The van der Waals surface area contributed by atoms with Crippen molar-refractivity contribution in [3.63, 3.8) is 0 Å². The van der Waals surface area contributed by atoms with E-state index in [1.54, 1.807) is 20.8 Å². The normalized spacial score (nSPS) is 19.1. The van der Waals surface area contributed by atoms with Crippen LogP contribution in [-0.4, -0.2) is 30.5 Å². The summed E-state index contributed by atoms with van der Waals surface area (Å²) in [5, 5.41) is 0. The van der Waals surface area contributed by atoms with Crippen LogP contribution in [0, 0.1) is 0 Å². The zero-order valence-electron chi connectivity index (χ0n) is 19.6. The second-order valence-electron chi connectivity index (χ2n) is 9.08. The molecule has 0 bridgehead atoms. The Kier molecular flexibility index (Phi) is 8.33. The Morgan fingerprint density at radius 1 is 0.972 bits per heavy atom. The number of epoxide rings is 1. The Bertz CT molecular complexity index is 1000. The fourth-order valence-corrected chi connectivity index (χ4v) is 3.12. The fourth-order valence-electron chi connectivity index (χ4n) is 3.12. The summed E-state index contributed by atoms with van der Waals surface area (Å²) in [5.74, 6) is -0.779. The molecule has 1 aliphatic rings. The van der Waals surface area contributed by atoms with Gasteiger partial charge in [0.15, 0.2) is 12.3 Å². The monoisotopic (exact) mass is 521 g/mol. The summed E-state index contributed by atoms with van der Waals surface area (Å²) < 4.78 is 94.7. The van der Waals surface area contributed by atoms with Gasteiger partial charge in [0.1, 0.15) is 11.7 Å². The van der Waals surface area contributed by atoms with E-state index < -0.39 is 53.5 Å². The summed E-state index contributed by atoms with van der Waals surface area (Å²) in [6.45, 7) is 4.86. The van der Waals surface area contributed by atoms with Crippen LogP contribution in [-0.2, 0) is 42.8 Å². The Balaban J connectivity index is 1.66. The van der Waals surface area contributed by atoms with Crippen LogP contribution in [0.5, 0.6) is 0 Å². The van der Waals surface area contributed by atoms with E-state index in [2.05, 4.69) is 5.48 Å². The Hall–Kier alpha value is -2.67. The first-order valence-corrected chi connectivity index (χ1v) is 10.8. The summed E-state index contributed by atoms with van der Waals surface area (Å²) in [6.07, 6.45) is -13.5. The maximum atomic E-state index is 13.1. The van der Waals surface area contributed by atoms with Gasteiger partial charge in [-0.3, -0.25) is 4.84 Å². The Morgan fingerprint density at radius 3 is 2.08 bits per heavy atom. The number of nitrogens with one attached hydrogen (secondary N) is 1. The minimum absolute atomic E-state index is 0.0351. The maximum absolute atomic E-state index is 13.1. The number of hydrogen-bond acceptors (Lipinski definition) is 6. The van der Waals surface area contributed by atoms with Crippen LogP contribution in [0.1, 0.15) is 49.1 Å². The van der Waals surface area contributed by atoms with Gasteiger partial charge in [-0.15, -0.1) is 0 Å². The van der Waals surface area contributed by atoms with E-state index in [1.165, 1.54) is 0 Å². The zero-order chi connectivity index (χ0) is 26.7. The van der Waals surface area contributed by atoms with Crippen LogP contribution in [0.3, 0.4) is 0 Å². The quantitative estimate of drug-likeness (QED) is 0.201. The van der Waals surface area contributed by atoms with E-state index >= 15 is 0 Å². The van der Waals surface area contributed by atoms with E-state index in [4.69, 9.17) is 19.0 Å². The van der Waals surface area contributed by atoms with E-state index in [0.29, 0.717) is 12.1 Å². The second-order valence-corrected chi connectivity index (χ2v) is 9.08. The highest BCUT2D eigenvalue weighted by molar-refractivity contribution is 5.75. The molecule has 1 N–H and O–H groups in total. The number of alkyl halides is 6. The smallest absolute Gasteiger partial charge is 0.416 e. The van der Waals surface area contributed by atoms with Crippen LogP contribution in [0.15, 0.2) is 48.5 Å². The SMILES string of the molecule is CC(C)(C)OC(=O)[C@@H](COCc1ccccc1)ONC1OC1c1cc(C(F)(F)F)cc(C(F)(F)F)c1. The van der Waals surface area contributed by atoms with Crippen molar-refractivity contribution < 1.29 is 50.2 Å². The predicted molar refractivity (Wildman–Crippen MR) is 114 cm³/mol. The molecule has 0 radical (unpaired) electrons. The van der Waals surface area contributed by atoms with Crippen LogP contribution in [0.2, 0.25) is 0 Å². The fraction of sp³-hybridized carbons (Fsp3) is 0.458. The number of esters is 1. The molecule has 1 fully saturated rings. The third-order valence-corrected chi connectivity index (χ3v) is 4.81. The molecule has 1 heterocycles. The van der Waals surface area contributed by atoms with Crippen molar-refractivity contribution in [1.82, 2.24) is 5.48 Å². The molecule has 0 aromatic heterocycles. The number of hydroxylamine groups is 1. The number of ether oxygens (including phenoxy) is 3. The lowest BCUT2D eigenvalue weighted by Crippen LogP contribution is -2.40. The molecule has 198 valence electrons. The number of carbonyl (C=O) groups is 1. The van der Waals surface area contributed by atoms with E-state index in [1.807, 2.05) is 30.3 Å². The van der Waals surface area contributed by atoms with Crippen LogP contribution in [0.25, 0.3) is 0 Å². The van der Waals surface area contributed by atoms with E-state index in [9.17, 15) is 31.1 Å². The highest BCUT2D eigenvalue weighted by Crippen LogP contribution is 2.43. The van der Waals surface area contributed by atoms with Gasteiger partial charge in [0, 0.05) is 0 Å². The first-order chi connectivity index (χ1) is 16.6. The van der Waals surface area contributed by atoms with Crippen molar-refractivity contribution in [2.45, 2.75) is 63.8 Å². The number of hydrogen-bond donors (Lipinski definition) is 1. The van der Waals surface area contributed by atoms with E-state index in [0.717, 1.165) is 5.56 Å². The average Bonchev–Trinajstić information content (AvgIpc) is 3.54. The predicted octanol–water partition coefficient (Wildman–Crippen LogP) is 5.57. The van der Waals surface area contributed by atoms with Gasteiger partial charge in [-0.05, 0) is 50.1 Å². The van der Waals surface area contributed by atoms with Crippen molar-refractivity contribution in [3.05, 3.63) is 70.8 Å². The van der Waals surface area contributed by atoms with Gasteiger partial charge >= 0.3 is 18.3 Å². The molecule has 0 amide bonds. The zero-order valence-corrected chi connectivity index (χ0v) is 19.6. The maximum Gasteiger partial charge on any atom is 0.416 e. The minimum Gasteiger partial charge on any atom is -0.458 e. The number of benzene rings is 2. The Morgan fingerprint density at radius 2 is 1.56 bits per heavy atom. The van der Waals surface area contributed by atoms with Gasteiger partial charge < -0.3 is 14.2 Å². The van der Waals surface area contributed by atoms with Crippen LogP contribution >= 0.6 is 0 Å². The Labute approximate surface area is 203 Å². The summed E-state index contributed by atoms with van der Waals surface area (Å²) >= 11 is 0. The molecule has 1 aliphatic heterocycles. The molecule has 2 unspecified atom stereocenters. The minimum atomic E-state index is -4.98. The lowest BCUT2D eigenvalue weighted by atomic mass is 10.0. The van der Waals surface area contributed by atoms with Gasteiger partial charge in [-0.2, -0.15) is 31.8 Å². The van der Waals surface area contributed by atoms with Gasteiger partial charge in [0.2, 0.25) is 0 Å². The number of rotatable bonds is 9. The highest BCUT2D eigenvalue weighted by atomic mass is 19.4. The average molecular weight is 521 g/mol. The van der Waals surface area contributed by atoms with Crippen molar-refractivity contribution in [3.8, 4) is 0 Å². The topological polar surface area (TPSA) is 69.3 Å². The molecule has 1 saturated heterocycles. The molecule has 0 aliphatic carbocycles. The van der Waals surface area contributed by atoms with Gasteiger partial charge in [0.25, 0.3) is 0 Å². The summed E-state index contributed by atoms with van der Waals surface area (Å²) in [5.41, 5.74) is -0.887. The lowest BCUT2D eigenvalue weighted by Gasteiger charge is -2.23. The molecule has 3 rings (SSSR count). The molecule has 2 aromatic carbocycles. The summed E-state index contributed by atoms with van der Waals surface area (Å²) in [7, 11) is 0. The third-order valence-electron chi connectivity index (χ3n) is 4.81. The molecule has 2 aromatic rings. The lowest BCUT2D eigenvalue weighted by molar-refractivity contribution is -0.181. The molecular weight excluding hydrogens is 496 g/mol. The third kappa shape index (κ3) is 8.19. The van der Waals surface area contributed by atoms with E-state index in [-0.39, 0.29) is 24.8 Å². The molecule has 0 saturated carbocycles. The molecule has 6 nitrogen and oxygen atoms in total. The van der Waals surface area contributed by atoms with Gasteiger partial charge in [0.05, 0.1) is 24.3 Å². The molecule has 3 atom stereocenters. The summed E-state index contributed by atoms with van der Waals surface area (Å²) in [4.78, 5) is 17.9. The molecule has 0 spiro atoms. The van der Waals surface area contributed by atoms with Gasteiger partial charge in [-0.25, -0.2) is 4.79 Å². The largest absolute Gasteiger partial charge is 0.458 e. The van der Waals surface area contributed by atoms with Crippen molar-refractivity contribution in [2.75, 3.05) is 6.61 Å². The standard InChI is InChI=1S/C24H25F6NO5/c1-22(2,3)35-21(32)18(13-33-12-14-7-5-4-6-8-14)36-31-20-19(34-20)15-9-16(23(25,26)27)11-17(10-15)24(28,29)30/h4-11,18-20,31H,12-13H2,1-3H3/t18-,19?,20?/m1/s1. The van der Waals surface area contributed by atoms with Crippen LogP contribution < -0.4 is 5.48 Å². The molecule has 12 heteroatoms. The highest BCUT2D eigenvalue weighted by Gasteiger charge is 2.45. The van der Waals surface area contributed by atoms with Crippen molar-refractivity contribution >= 4 is 5.97 Å². The molecule has 36 heavy (non-hydrogen) atoms. The summed E-state index contributed by atoms with van der Waals surface area (Å²) in [6, 6.07) is 10.3.